The minimum Gasteiger partial charge on any atom is -0.458 e. The molecule has 16 rings (SSSR count). The van der Waals surface area contributed by atoms with Crippen LogP contribution in [0, 0.1) is 0 Å². The van der Waals surface area contributed by atoms with Crippen molar-refractivity contribution in [3.8, 4) is 23.0 Å². The number of rotatable bonds is 8. The summed E-state index contributed by atoms with van der Waals surface area (Å²) in [5.74, 6) is 3.23. The number of hydrogen-bond acceptors (Lipinski definition) is 7. The molecule has 0 unspecified atom stereocenters. The first-order valence-corrected chi connectivity index (χ1v) is 33.7. The molecule has 1 aromatic heterocycles. The van der Waals surface area contributed by atoms with Crippen LogP contribution in [0.1, 0.15) is 105 Å². The molecule has 0 radical (unpaired) electrons. The first-order chi connectivity index (χ1) is 44.6. The van der Waals surface area contributed by atoms with Crippen LogP contribution in [0.5, 0.6) is 23.0 Å². The second-order valence-corrected chi connectivity index (χ2v) is 30.9. The average molecular weight is 1230 g/mol. The molecule has 0 saturated heterocycles. The van der Waals surface area contributed by atoms with Gasteiger partial charge in [-0.25, -0.2) is 0 Å². The molecule has 4 aliphatic heterocycles. The fourth-order valence-corrected chi connectivity index (χ4v) is 15.9. The summed E-state index contributed by atoms with van der Waals surface area (Å²) in [6.07, 6.45) is 0. The van der Waals surface area contributed by atoms with Gasteiger partial charge in [0.25, 0.3) is 13.4 Å². The number of benzene rings is 11. The van der Waals surface area contributed by atoms with E-state index >= 15 is 0 Å². The Kier molecular flexibility index (Phi) is 13.5. The van der Waals surface area contributed by atoms with E-state index in [0.29, 0.717) is 0 Å². The van der Waals surface area contributed by atoms with Gasteiger partial charge >= 0.3 is 0 Å². The third-order valence-corrected chi connectivity index (χ3v) is 20.8. The molecule has 93 heavy (non-hydrogen) atoms. The number of hydrogen-bond donors (Lipinski definition) is 0. The first kappa shape index (κ1) is 58.4. The molecule has 11 aromatic carbocycles. The van der Waals surface area contributed by atoms with Gasteiger partial charge in [-0.1, -0.05) is 210 Å². The molecule has 4 aliphatic rings. The Morgan fingerprint density at radius 3 is 1.23 bits per heavy atom. The standard InChI is InChI=1S/C84H76B2N4O2S/c1-81(2,3)53-31-39-59(40-32-53)87(60-41-33-54(34-42-60)82(4,5)6)63-47-70-78-71(48-63)90(58-25-17-14-18-26-58)80-77(65-27-19-22-30-76(65)93-80)86(78)67-51-68-73(52-69(67)89(70)57-23-15-13-16-24-57)92-75-50-64(49-74-79(75)85(68)66-28-20-21-29-72(66)91-74)88(61-43-35-55(36-44-61)83(7,8)9)62-45-37-56(38-46-62)84(10,11)12/h13-52H,1-12H3. The van der Waals surface area contributed by atoms with Crippen LogP contribution < -0.4 is 61.9 Å². The third-order valence-electron chi connectivity index (χ3n) is 19.6. The van der Waals surface area contributed by atoms with Crippen molar-refractivity contribution in [3.63, 3.8) is 0 Å². The molecule has 5 heterocycles. The quantitative estimate of drug-likeness (QED) is 0.141. The number of ether oxygens (including phenoxy) is 2. The molecule has 12 aromatic rings. The molecule has 0 amide bonds. The summed E-state index contributed by atoms with van der Waals surface area (Å²) in [6.45, 7) is 27.0. The maximum atomic E-state index is 7.67. The van der Waals surface area contributed by atoms with Crippen molar-refractivity contribution in [3.05, 3.63) is 265 Å². The highest BCUT2D eigenvalue weighted by Crippen LogP contribution is 2.52. The Bertz CT molecular complexity index is 4790. The highest BCUT2D eigenvalue weighted by atomic mass is 32.1. The topological polar surface area (TPSA) is 31.4 Å². The average Bonchev–Trinajstić information content (AvgIpc) is 1.68. The Morgan fingerprint density at radius 2 is 0.731 bits per heavy atom. The lowest BCUT2D eigenvalue weighted by Gasteiger charge is -2.45. The molecular formula is C84H76B2N4O2S. The zero-order valence-electron chi connectivity index (χ0n) is 55.3. The van der Waals surface area contributed by atoms with Crippen molar-refractivity contribution in [1.82, 2.24) is 0 Å². The van der Waals surface area contributed by atoms with E-state index in [1.165, 1.54) is 53.7 Å². The Labute approximate surface area is 553 Å². The van der Waals surface area contributed by atoms with E-state index in [0.717, 1.165) is 102 Å². The van der Waals surface area contributed by atoms with Crippen LogP contribution in [0.3, 0.4) is 0 Å². The van der Waals surface area contributed by atoms with E-state index in [-0.39, 0.29) is 35.1 Å². The van der Waals surface area contributed by atoms with E-state index in [1.54, 1.807) is 0 Å². The zero-order valence-corrected chi connectivity index (χ0v) is 56.1. The van der Waals surface area contributed by atoms with Crippen molar-refractivity contribution in [1.29, 1.82) is 0 Å². The highest BCUT2D eigenvalue weighted by molar-refractivity contribution is 7.26. The summed E-state index contributed by atoms with van der Waals surface area (Å²) >= 11 is 1.89. The second kappa shape index (κ2) is 21.4. The summed E-state index contributed by atoms with van der Waals surface area (Å²) in [5.41, 5.74) is 23.9. The number of anilines is 12. The largest absolute Gasteiger partial charge is 0.458 e. The number of fused-ring (bicyclic) bond motifs is 10. The van der Waals surface area contributed by atoms with E-state index < -0.39 is 0 Å². The van der Waals surface area contributed by atoms with Crippen molar-refractivity contribution < 1.29 is 9.47 Å². The van der Waals surface area contributed by atoms with Crippen LogP contribution in [0.2, 0.25) is 0 Å². The minimum atomic E-state index is -0.201. The van der Waals surface area contributed by atoms with E-state index in [1.807, 2.05) is 11.3 Å². The molecule has 456 valence electrons. The molecule has 0 bridgehead atoms. The van der Waals surface area contributed by atoms with Gasteiger partial charge in [0.15, 0.2) is 0 Å². The Morgan fingerprint density at radius 1 is 0.312 bits per heavy atom. The van der Waals surface area contributed by atoms with Crippen LogP contribution in [-0.4, -0.2) is 13.4 Å². The summed E-state index contributed by atoms with van der Waals surface area (Å²) < 4.78 is 16.1. The Hall–Kier alpha value is -9.69. The number of nitrogens with zero attached hydrogens (tertiary/aromatic N) is 4. The van der Waals surface area contributed by atoms with Crippen molar-refractivity contribution in [2.75, 3.05) is 19.6 Å². The van der Waals surface area contributed by atoms with Crippen LogP contribution >= 0.6 is 11.3 Å². The fourth-order valence-electron chi connectivity index (χ4n) is 14.7. The fraction of sp³-hybridized carbons (Fsp3) is 0.190. The van der Waals surface area contributed by atoms with Gasteiger partial charge in [0, 0.05) is 79.5 Å². The lowest BCUT2D eigenvalue weighted by molar-refractivity contribution is 0.465. The Balaban J connectivity index is 0.957. The van der Waals surface area contributed by atoms with Gasteiger partial charge in [0.2, 0.25) is 0 Å². The van der Waals surface area contributed by atoms with Gasteiger partial charge in [0.1, 0.15) is 23.0 Å². The van der Waals surface area contributed by atoms with Gasteiger partial charge in [-0.15, -0.1) is 11.3 Å². The van der Waals surface area contributed by atoms with Gasteiger partial charge in [-0.3, -0.25) is 0 Å². The lowest BCUT2D eigenvalue weighted by atomic mass is 9.31. The van der Waals surface area contributed by atoms with Crippen molar-refractivity contribution >= 4 is 135 Å². The molecule has 0 spiro atoms. The lowest BCUT2D eigenvalue weighted by Crippen LogP contribution is -2.63. The molecule has 0 atom stereocenters. The third kappa shape index (κ3) is 9.84. The number of thiophene rings is 1. The van der Waals surface area contributed by atoms with Gasteiger partial charge < -0.3 is 29.1 Å². The van der Waals surface area contributed by atoms with Crippen LogP contribution in [0.4, 0.5) is 67.6 Å². The van der Waals surface area contributed by atoms with Gasteiger partial charge in [0.05, 0.1) is 16.4 Å². The molecule has 0 fully saturated rings. The summed E-state index contributed by atoms with van der Waals surface area (Å²) in [5, 5.41) is 2.48. The van der Waals surface area contributed by atoms with E-state index in [2.05, 4.69) is 345 Å². The minimum absolute atomic E-state index is 0.00933. The van der Waals surface area contributed by atoms with Crippen LogP contribution in [-0.2, 0) is 21.7 Å². The van der Waals surface area contributed by atoms with Crippen LogP contribution in [0.15, 0.2) is 243 Å². The van der Waals surface area contributed by atoms with Gasteiger partial charge in [-0.05, 0) is 174 Å². The smallest absolute Gasteiger partial charge is 0.260 e. The first-order valence-electron chi connectivity index (χ1n) is 32.9. The summed E-state index contributed by atoms with van der Waals surface area (Å²) in [7, 11) is 0. The van der Waals surface area contributed by atoms with Crippen molar-refractivity contribution in [2.45, 2.75) is 105 Å². The van der Waals surface area contributed by atoms with E-state index in [9.17, 15) is 0 Å². The maximum absolute atomic E-state index is 7.67. The van der Waals surface area contributed by atoms with Crippen molar-refractivity contribution in [2.24, 2.45) is 0 Å². The molecule has 0 saturated carbocycles. The summed E-state index contributed by atoms with van der Waals surface area (Å²) in [4.78, 5) is 9.92. The normalized spacial score (nSPS) is 13.7. The molecule has 9 heteroatoms. The predicted molar refractivity (Wildman–Crippen MR) is 398 cm³/mol. The van der Waals surface area contributed by atoms with Gasteiger partial charge in [-0.2, -0.15) is 0 Å². The monoisotopic (exact) mass is 1230 g/mol. The summed E-state index contributed by atoms with van der Waals surface area (Å²) in [6, 6.07) is 90.7. The zero-order chi connectivity index (χ0) is 64.0. The predicted octanol–water partition coefficient (Wildman–Crippen LogP) is 19.8. The SMILES string of the molecule is CC(C)(C)c1ccc(N(c2ccc(C(C)(C)C)cc2)c2cc3c4c(c2)Oc2cc5c(cc2B4c2ccccc2O3)B2c3c(cc(N(c4ccc(C(C)(C)C)cc4)c4ccc(C(C)(C)C)cc4)cc3N(c3ccccc3)c3sc4ccccc4c32)N5c2ccccc2)cc1. The molecule has 6 nitrogen and oxygen atoms in total. The van der Waals surface area contributed by atoms with Crippen LogP contribution in [0.25, 0.3) is 10.1 Å². The second-order valence-electron chi connectivity index (χ2n) is 29.8. The molecule has 0 N–H and O–H groups in total. The molecular weight excluding hydrogens is 1150 g/mol. The highest BCUT2D eigenvalue weighted by Gasteiger charge is 2.49. The van der Waals surface area contributed by atoms with E-state index in [4.69, 9.17) is 9.47 Å². The maximum Gasteiger partial charge on any atom is 0.260 e. The molecule has 0 aliphatic carbocycles. The number of para-hydroxylation sites is 3.